The highest BCUT2D eigenvalue weighted by atomic mass is 35.5. The number of fused-ring (bicyclic) bond motifs is 1. The number of aromatic nitrogens is 5. The van der Waals surface area contributed by atoms with Gasteiger partial charge in [0.05, 0.1) is 5.69 Å². The van der Waals surface area contributed by atoms with Gasteiger partial charge in [-0.05, 0) is 42.8 Å². The zero-order valence-electron chi connectivity index (χ0n) is 17.2. The number of ether oxygens (including phenoxy) is 1. The van der Waals surface area contributed by atoms with Gasteiger partial charge in [0.1, 0.15) is 18.2 Å². The number of benzene rings is 1. The molecule has 1 aromatic carbocycles. The summed E-state index contributed by atoms with van der Waals surface area (Å²) in [6.45, 7) is 2.34. The maximum Gasteiger partial charge on any atom is 0.226 e. The number of nitrogens with zero attached hydrogens (tertiary/aromatic N) is 5. The smallest absolute Gasteiger partial charge is 0.226 e. The molecule has 0 aliphatic carbocycles. The number of halogens is 1. The van der Waals surface area contributed by atoms with E-state index in [0.717, 1.165) is 28.1 Å². The molecule has 1 N–H and O–H groups in total. The van der Waals surface area contributed by atoms with E-state index in [4.69, 9.17) is 16.3 Å². The highest BCUT2D eigenvalue weighted by molar-refractivity contribution is 6.29. The highest BCUT2D eigenvalue weighted by Crippen LogP contribution is 2.40. The molecule has 0 bridgehead atoms. The molecule has 8 nitrogen and oxygen atoms in total. The Morgan fingerprint density at radius 3 is 2.88 bits per heavy atom. The molecule has 0 saturated carbocycles. The average molecular weight is 447 g/mol. The summed E-state index contributed by atoms with van der Waals surface area (Å²) in [5.74, 6) is 1.56. The van der Waals surface area contributed by atoms with Crippen LogP contribution in [0.5, 0.6) is 5.75 Å². The van der Waals surface area contributed by atoms with Gasteiger partial charge in [-0.25, -0.2) is 0 Å². The molecule has 1 aliphatic rings. The van der Waals surface area contributed by atoms with Gasteiger partial charge in [-0.2, -0.15) is 9.78 Å². The van der Waals surface area contributed by atoms with Crippen molar-refractivity contribution in [3.63, 3.8) is 0 Å². The van der Waals surface area contributed by atoms with Gasteiger partial charge in [-0.3, -0.25) is 9.78 Å². The summed E-state index contributed by atoms with van der Waals surface area (Å²) in [6, 6.07) is 15.0. The van der Waals surface area contributed by atoms with Crippen molar-refractivity contribution in [2.75, 3.05) is 5.32 Å². The SMILES string of the molecule is Cc1nn(-c2ccc(Cl)nn2)c2c1[C@H](c1cccc(OCc3cccnc3)c1)CC(=O)N2. The number of aryl methyl sites for hydroxylation is 1. The quantitative estimate of drug-likeness (QED) is 0.496. The van der Waals surface area contributed by atoms with Gasteiger partial charge in [0.25, 0.3) is 0 Å². The average Bonchev–Trinajstić information content (AvgIpc) is 3.14. The van der Waals surface area contributed by atoms with E-state index in [1.165, 1.54) is 0 Å². The molecule has 5 rings (SSSR count). The third kappa shape index (κ3) is 3.92. The van der Waals surface area contributed by atoms with Crippen molar-refractivity contribution < 1.29 is 9.53 Å². The largest absolute Gasteiger partial charge is 0.489 e. The van der Waals surface area contributed by atoms with Crippen molar-refractivity contribution in [1.82, 2.24) is 25.0 Å². The van der Waals surface area contributed by atoms with Crippen LogP contribution in [0.3, 0.4) is 0 Å². The molecule has 0 unspecified atom stereocenters. The molecule has 1 aliphatic heterocycles. The van der Waals surface area contributed by atoms with Crippen LogP contribution < -0.4 is 10.1 Å². The fraction of sp³-hybridized carbons (Fsp3) is 0.174. The van der Waals surface area contributed by atoms with Gasteiger partial charge in [0.2, 0.25) is 5.91 Å². The molecule has 1 atom stereocenters. The number of hydrogen-bond donors (Lipinski definition) is 1. The predicted octanol–water partition coefficient (Wildman–Crippen LogP) is 4.07. The Morgan fingerprint density at radius 2 is 2.09 bits per heavy atom. The lowest BCUT2D eigenvalue weighted by molar-refractivity contribution is -0.116. The molecule has 3 aromatic heterocycles. The predicted molar refractivity (Wildman–Crippen MR) is 119 cm³/mol. The van der Waals surface area contributed by atoms with E-state index in [2.05, 4.69) is 25.6 Å². The van der Waals surface area contributed by atoms with Crippen LogP contribution in [-0.4, -0.2) is 30.9 Å². The van der Waals surface area contributed by atoms with E-state index in [0.29, 0.717) is 24.7 Å². The van der Waals surface area contributed by atoms with E-state index < -0.39 is 0 Å². The standard InChI is InChI=1S/C23H19ClN6O2/c1-14-22-18(16-5-2-6-17(10-16)32-13-15-4-3-9-25-12-15)11-21(31)26-23(22)30(29-14)20-8-7-19(24)27-28-20/h2-10,12,18H,11,13H2,1H3,(H,26,31)/t18-/m0/s1. The zero-order valence-corrected chi connectivity index (χ0v) is 18.0. The Morgan fingerprint density at radius 1 is 1.19 bits per heavy atom. The lowest BCUT2D eigenvalue weighted by Crippen LogP contribution is -2.25. The fourth-order valence-corrected chi connectivity index (χ4v) is 3.99. The van der Waals surface area contributed by atoms with Gasteiger partial charge in [0.15, 0.2) is 11.0 Å². The van der Waals surface area contributed by atoms with Crippen LogP contribution in [0.15, 0.2) is 60.9 Å². The Bertz CT molecular complexity index is 1270. The number of rotatable bonds is 5. The number of anilines is 1. The van der Waals surface area contributed by atoms with E-state index >= 15 is 0 Å². The number of pyridine rings is 1. The van der Waals surface area contributed by atoms with Crippen LogP contribution >= 0.6 is 11.6 Å². The molecule has 0 radical (unpaired) electrons. The van der Waals surface area contributed by atoms with E-state index in [9.17, 15) is 4.79 Å². The Labute approximate surface area is 189 Å². The van der Waals surface area contributed by atoms with Gasteiger partial charge in [-0.1, -0.05) is 29.8 Å². The highest BCUT2D eigenvalue weighted by Gasteiger charge is 2.33. The molecule has 1 amide bonds. The normalized spacial score (nSPS) is 15.2. The van der Waals surface area contributed by atoms with Gasteiger partial charge in [-0.15, -0.1) is 10.2 Å². The molecule has 32 heavy (non-hydrogen) atoms. The summed E-state index contributed by atoms with van der Waals surface area (Å²) in [7, 11) is 0. The summed E-state index contributed by atoms with van der Waals surface area (Å²) in [6.07, 6.45) is 3.82. The van der Waals surface area contributed by atoms with Crippen LogP contribution in [0.4, 0.5) is 5.82 Å². The Kier molecular flexibility index (Phi) is 5.28. The number of carbonyl (C=O) groups excluding carboxylic acids is 1. The third-order valence-electron chi connectivity index (χ3n) is 5.33. The van der Waals surface area contributed by atoms with Crippen LogP contribution in [0, 0.1) is 6.92 Å². The second-order valence-electron chi connectivity index (χ2n) is 7.50. The van der Waals surface area contributed by atoms with Crippen LogP contribution in [0.25, 0.3) is 5.82 Å². The van der Waals surface area contributed by atoms with Gasteiger partial charge in [0, 0.05) is 35.9 Å². The van der Waals surface area contributed by atoms with E-state index in [1.807, 2.05) is 43.3 Å². The summed E-state index contributed by atoms with van der Waals surface area (Å²) < 4.78 is 7.56. The van der Waals surface area contributed by atoms with Crippen LogP contribution in [0.1, 0.15) is 34.7 Å². The molecule has 0 fully saturated rings. The van der Waals surface area contributed by atoms with Gasteiger partial charge < -0.3 is 10.1 Å². The first-order valence-corrected chi connectivity index (χ1v) is 10.5. The molecular weight excluding hydrogens is 428 g/mol. The Balaban J connectivity index is 1.48. The van der Waals surface area contributed by atoms with Crippen molar-refractivity contribution in [3.05, 3.63) is 88.5 Å². The maximum absolute atomic E-state index is 12.6. The summed E-state index contributed by atoms with van der Waals surface area (Å²) in [5, 5.41) is 15.8. The number of hydrogen-bond acceptors (Lipinski definition) is 6. The minimum Gasteiger partial charge on any atom is -0.489 e. The van der Waals surface area contributed by atoms with E-state index in [1.54, 1.807) is 29.2 Å². The zero-order chi connectivity index (χ0) is 22.1. The molecule has 0 saturated heterocycles. The van der Waals surface area contributed by atoms with Crippen molar-refractivity contribution in [3.8, 4) is 11.6 Å². The number of nitrogens with one attached hydrogen (secondary N) is 1. The monoisotopic (exact) mass is 446 g/mol. The first-order chi connectivity index (χ1) is 15.6. The first-order valence-electron chi connectivity index (χ1n) is 10.1. The molecule has 0 spiro atoms. The molecule has 4 aromatic rings. The van der Waals surface area contributed by atoms with Crippen molar-refractivity contribution in [1.29, 1.82) is 0 Å². The second kappa shape index (κ2) is 8.39. The number of amides is 1. The van der Waals surface area contributed by atoms with Crippen LogP contribution in [0.2, 0.25) is 5.15 Å². The lowest BCUT2D eigenvalue weighted by Gasteiger charge is -2.24. The van der Waals surface area contributed by atoms with Crippen molar-refractivity contribution >= 4 is 23.3 Å². The molecule has 160 valence electrons. The number of carbonyl (C=O) groups is 1. The fourth-order valence-electron chi connectivity index (χ4n) is 3.89. The maximum atomic E-state index is 12.6. The minimum absolute atomic E-state index is 0.0905. The Hall–Kier alpha value is -3.78. The second-order valence-corrected chi connectivity index (χ2v) is 7.89. The summed E-state index contributed by atoms with van der Waals surface area (Å²) in [4.78, 5) is 16.7. The van der Waals surface area contributed by atoms with Crippen molar-refractivity contribution in [2.24, 2.45) is 0 Å². The van der Waals surface area contributed by atoms with Crippen LogP contribution in [-0.2, 0) is 11.4 Å². The molecular formula is C23H19ClN6O2. The minimum atomic E-state index is -0.158. The molecule has 9 heteroatoms. The van der Waals surface area contributed by atoms with Gasteiger partial charge >= 0.3 is 0 Å². The van der Waals surface area contributed by atoms with Crippen molar-refractivity contribution in [2.45, 2.75) is 25.9 Å². The topological polar surface area (TPSA) is 94.8 Å². The third-order valence-corrected chi connectivity index (χ3v) is 5.53. The van der Waals surface area contributed by atoms with E-state index in [-0.39, 0.29) is 17.0 Å². The lowest BCUT2D eigenvalue weighted by atomic mass is 9.86. The summed E-state index contributed by atoms with van der Waals surface area (Å²) >= 11 is 5.87. The molecule has 4 heterocycles. The summed E-state index contributed by atoms with van der Waals surface area (Å²) in [5.41, 5.74) is 3.72. The first kappa shape index (κ1) is 20.1.